The summed E-state index contributed by atoms with van der Waals surface area (Å²) in [5, 5.41) is 25.5. The lowest BCUT2D eigenvalue weighted by atomic mass is 9.84. The summed E-state index contributed by atoms with van der Waals surface area (Å²) in [5.41, 5.74) is 8.04. The van der Waals surface area contributed by atoms with E-state index in [9.17, 15) is 14.7 Å². The lowest BCUT2D eigenvalue weighted by Crippen LogP contribution is -2.43. The van der Waals surface area contributed by atoms with Crippen LogP contribution in [0.25, 0.3) is 11.6 Å². The number of carbonyl (C=O) groups is 2. The largest absolute Gasteiger partial charge is 0.493 e. The standard InChI is InChI=1S/C27H34N6O2.C18H25N5O2.C9H11NO/c1-28-27-31-24(18-25(32-27)33-14-7-8-15-33)29-22(17-19-9-3-2-4-10-19)26(34)30-21-13-16-35-23-12-6-5-11-20(21)23;1-19-18-21-15(12-16(22-18)23-9-5-6-10-23)20-14(17(24)25)11-13-7-3-2-4-8-13;10-8-5-6-11-9-4-2-1-3-7(8)9/h5-8,11-12,14-15,18-19,21-22H,2-4,9-10,13,16-17H2,1H3,(H,30,34)(H2,28,29,31,32);5-6,9-10,12-14H,2-4,7-8,11H2,1H3,(H,24,25)(H2,19,20,21,22);1-4,8H,5-6,10H2/t21-,22-;14-;8-/m111/s1. The number of nitrogens with zero attached hydrogens (tertiary/aromatic N) is 6. The smallest absolute Gasteiger partial charge is 0.326 e. The molecule has 0 bridgehead atoms. The number of para-hydroxylation sites is 2. The van der Waals surface area contributed by atoms with E-state index in [0.717, 1.165) is 67.2 Å². The first kappa shape index (κ1) is 50.3. The van der Waals surface area contributed by atoms with Crippen LogP contribution in [0.15, 0.2) is 110 Å². The van der Waals surface area contributed by atoms with Crippen molar-refractivity contribution in [3.63, 3.8) is 0 Å². The van der Waals surface area contributed by atoms with Crippen LogP contribution in [-0.2, 0) is 9.59 Å². The quantitative estimate of drug-likeness (QED) is 0.0510. The monoisotopic (exact) mass is 967 g/mol. The molecule has 10 rings (SSSR count). The van der Waals surface area contributed by atoms with E-state index >= 15 is 0 Å². The van der Waals surface area contributed by atoms with Gasteiger partial charge < -0.3 is 56.0 Å². The van der Waals surface area contributed by atoms with Gasteiger partial charge in [-0.25, -0.2) is 4.79 Å². The minimum atomic E-state index is -0.835. The van der Waals surface area contributed by atoms with Gasteiger partial charge in [-0.05, 0) is 61.1 Å². The average Bonchev–Trinajstić information content (AvgIpc) is 4.17. The van der Waals surface area contributed by atoms with Crippen molar-refractivity contribution in [3.8, 4) is 23.1 Å². The number of benzene rings is 2. The molecular weight excluding hydrogens is 897 g/mol. The molecule has 6 heterocycles. The van der Waals surface area contributed by atoms with Gasteiger partial charge in [0.05, 0.1) is 19.3 Å². The number of fused-ring (bicyclic) bond motifs is 2. The second-order valence-corrected chi connectivity index (χ2v) is 18.8. The van der Waals surface area contributed by atoms with Gasteiger partial charge in [0.25, 0.3) is 0 Å². The summed E-state index contributed by atoms with van der Waals surface area (Å²) < 4.78 is 15.0. The maximum Gasteiger partial charge on any atom is 0.326 e. The predicted octanol–water partition coefficient (Wildman–Crippen LogP) is 9.31. The summed E-state index contributed by atoms with van der Waals surface area (Å²) in [7, 11) is 3.54. The van der Waals surface area contributed by atoms with Crippen LogP contribution >= 0.6 is 0 Å². The molecule has 1 amide bonds. The molecule has 0 saturated heterocycles. The van der Waals surface area contributed by atoms with Crippen molar-refractivity contribution < 1.29 is 24.2 Å². The average molecular weight is 967 g/mol. The molecule has 2 aromatic carbocycles. The highest BCUT2D eigenvalue weighted by molar-refractivity contribution is 5.85. The maximum absolute atomic E-state index is 13.7. The second-order valence-electron chi connectivity index (χ2n) is 18.8. The molecule has 17 heteroatoms. The molecule has 4 aliphatic rings. The van der Waals surface area contributed by atoms with Gasteiger partial charge in [0.2, 0.25) is 17.8 Å². The number of aliphatic carboxylic acids is 1. The highest BCUT2D eigenvalue weighted by Gasteiger charge is 2.30. The SMILES string of the molecule is CNc1nc(N[C@H](CC2CCCCC2)C(=O)N[C@@H]2CCOc3ccccc32)cc(-n2cccc2)n1.CNc1nc(N[C@H](CC2CCCCC2)C(=O)O)cc(-n2cccc2)n1.N[C@@H]1CCOc2ccccc21. The van der Waals surface area contributed by atoms with Crippen LogP contribution in [0.5, 0.6) is 11.5 Å². The number of carboxylic acids is 1. The predicted molar refractivity (Wildman–Crippen MR) is 278 cm³/mol. The number of hydrogen-bond acceptors (Lipinski definition) is 13. The van der Waals surface area contributed by atoms with Gasteiger partial charge in [0.15, 0.2) is 0 Å². The molecule has 6 aromatic rings. The van der Waals surface area contributed by atoms with Crippen LogP contribution in [0.1, 0.15) is 113 Å². The fourth-order valence-electron chi connectivity index (χ4n) is 9.94. The highest BCUT2D eigenvalue weighted by Crippen LogP contribution is 2.34. The van der Waals surface area contributed by atoms with E-state index in [1.807, 2.05) is 113 Å². The number of aromatic nitrogens is 6. The van der Waals surface area contributed by atoms with Crippen LogP contribution < -0.4 is 41.8 Å². The Balaban J connectivity index is 0.000000162. The van der Waals surface area contributed by atoms with Crippen molar-refractivity contribution in [3.05, 3.63) is 121 Å². The van der Waals surface area contributed by atoms with Gasteiger partial charge in [-0.15, -0.1) is 0 Å². The molecular formula is C54H70N12O5. The Hall–Kier alpha value is -7.14. The summed E-state index contributed by atoms with van der Waals surface area (Å²) >= 11 is 0. The fraction of sp³-hybridized carbons (Fsp3) is 0.444. The zero-order valence-electron chi connectivity index (χ0n) is 41.0. The van der Waals surface area contributed by atoms with Crippen molar-refractivity contribution in [1.29, 1.82) is 0 Å². The van der Waals surface area contributed by atoms with Gasteiger partial charge in [0, 0.05) is 81.0 Å². The molecule has 4 aromatic heterocycles. The minimum absolute atomic E-state index is 0.00408. The Kier molecular flexibility index (Phi) is 17.8. The number of amides is 1. The second kappa shape index (κ2) is 25.1. The first-order valence-electron chi connectivity index (χ1n) is 25.4. The molecule has 8 N–H and O–H groups in total. The zero-order chi connectivity index (χ0) is 49.4. The number of carboxylic acid groups (broad SMARTS) is 1. The molecule has 2 aliphatic carbocycles. The summed E-state index contributed by atoms with van der Waals surface area (Å²) in [4.78, 5) is 43.4. The molecule has 376 valence electrons. The molecule has 71 heavy (non-hydrogen) atoms. The number of rotatable bonds is 15. The van der Waals surface area contributed by atoms with Gasteiger partial charge >= 0.3 is 5.97 Å². The zero-order valence-corrected chi connectivity index (χ0v) is 41.0. The van der Waals surface area contributed by atoms with Crippen LogP contribution in [-0.4, -0.2) is 85.4 Å². The van der Waals surface area contributed by atoms with E-state index in [-0.39, 0.29) is 24.0 Å². The van der Waals surface area contributed by atoms with Crippen molar-refractivity contribution in [2.24, 2.45) is 17.6 Å². The number of nitrogens with one attached hydrogen (secondary N) is 5. The molecule has 17 nitrogen and oxygen atoms in total. The normalized spacial score (nSPS) is 18.4. The van der Waals surface area contributed by atoms with E-state index in [0.29, 0.717) is 54.2 Å². The first-order chi connectivity index (χ1) is 34.7. The molecule has 2 saturated carbocycles. The Labute approximate surface area is 416 Å². The van der Waals surface area contributed by atoms with Gasteiger partial charge in [-0.3, -0.25) is 4.79 Å². The van der Waals surface area contributed by atoms with E-state index < -0.39 is 12.0 Å². The van der Waals surface area contributed by atoms with Gasteiger partial charge in [0.1, 0.15) is 46.9 Å². The Bertz CT molecular complexity index is 2600. The number of carbonyl (C=O) groups excluding carboxylic acids is 1. The van der Waals surface area contributed by atoms with Crippen molar-refractivity contribution in [2.75, 3.05) is 48.6 Å². The van der Waals surface area contributed by atoms with E-state index in [1.54, 1.807) is 20.2 Å². The van der Waals surface area contributed by atoms with Crippen molar-refractivity contribution in [2.45, 2.75) is 114 Å². The number of hydrogen-bond donors (Lipinski definition) is 7. The van der Waals surface area contributed by atoms with E-state index in [2.05, 4.69) is 46.5 Å². The Morgan fingerprint density at radius 2 is 1.08 bits per heavy atom. The van der Waals surface area contributed by atoms with Crippen molar-refractivity contribution in [1.82, 2.24) is 34.4 Å². The number of anilines is 4. The maximum atomic E-state index is 13.7. The summed E-state index contributed by atoms with van der Waals surface area (Å²) in [6.07, 6.45) is 22.8. The third-order valence-electron chi connectivity index (χ3n) is 13.7. The van der Waals surface area contributed by atoms with Crippen LogP contribution in [0.4, 0.5) is 23.5 Å². The van der Waals surface area contributed by atoms with Gasteiger partial charge in [-0.1, -0.05) is 101 Å². The first-order valence-corrected chi connectivity index (χ1v) is 25.4. The third-order valence-corrected chi connectivity index (χ3v) is 13.7. The Morgan fingerprint density at radius 3 is 1.59 bits per heavy atom. The topological polar surface area (TPSA) is 220 Å². The molecule has 4 atom stereocenters. The Morgan fingerprint density at radius 1 is 0.620 bits per heavy atom. The summed E-state index contributed by atoms with van der Waals surface area (Å²) in [5.74, 6) is 5.52. The van der Waals surface area contributed by atoms with Crippen LogP contribution in [0.2, 0.25) is 0 Å². The van der Waals surface area contributed by atoms with Crippen LogP contribution in [0.3, 0.4) is 0 Å². The van der Waals surface area contributed by atoms with Crippen molar-refractivity contribution >= 4 is 35.4 Å². The molecule has 2 aliphatic heterocycles. The minimum Gasteiger partial charge on any atom is -0.493 e. The van der Waals surface area contributed by atoms with E-state index in [1.165, 1.54) is 51.4 Å². The van der Waals surface area contributed by atoms with E-state index in [4.69, 9.17) is 15.2 Å². The molecule has 0 unspecified atom stereocenters. The third kappa shape index (κ3) is 14.0. The highest BCUT2D eigenvalue weighted by atomic mass is 16.5. The number of ether oxygens (including phenoxy) is 2. The number of nitrogens with two attached hydrogens (primary N) is 1. The van der Waals surface area contributed by atoms with Gasteiger partial charge in [-0.2, -0.15) is 19.9 Å². The lowest BCUT2D eigenvalue weighted by molar-refractivity contribution is -0.138. The lowest BCUT2D eigenvalue weighted by Gasteiger charge is -2.30. The molecule has 0 radical (unpaired) electrons. The molecule has 0 spiro atoms. The fourth-order valence-corrected chi connectivity index (χ4v) is 9.94. The molecule has 2 fully saturated rings. The summed E-state index contributed by atoms with van der Waals surface area (Å²) in [6, 6.07) is 26.4. The van der Waals surface area contributed by atoms with Crippen LogP contribution in [0, 0.1) is 11.8 Å². The summed E-state index contributed by atoms with van der Waals surface area (Å²) in [6.45, 7) is 1.35.